The number of carbonyl (C=O) groups excluding carboxylic acids is 2. The number of nitrogens with one attached hydrogen (secondary N) is 1. The zero-order chi connectivity index (χ0) is 22.6. The Morgan fingerprint density at radius 3 is 2.58 bits per heavy atom. The Hall–Kier alpha value is -3.62. The molecular weight excluding hydrogens is 420 g/mol. The van der Waals surface area contributed by atoms with E-state index in [1.807, 2.05) is 30.5 Å². The van der Waals surface area contributed by atoms with Crippen molar-refractivity contribution in [3.05, 3.63) is 42.4 Å². The van der Waals surface area contributed by atoms with Gasteiger partial charge in [-0.05, 0) is 43.5 Å². The van der Waals surface area contributed by atoms with Crippen molar-refractivity contribution in [3.63, 3.8) is 0 Å². The summed E-state index contributed by atoms with van der Waals surface area (Å²) in [5.41, 5.74) is 9.73. The van der Waals surface area contributed by atoms with Crippen molar-refractivity contribution in [1.82, 2.24) is 15.3 Å². The number of anilines is 3. The number of pyridine rings is 1. The molecule has 3 fully saturated rings. The highest BCUT2D eigenvalue weighted by Crippen LogP contribution is 2.44. The number of imide groups is 1. The topological polar surface area (TPSA) is 118 Å². The minimum absolute atomic E-state index is 0.239. The van der Waals surface area contributed by atoms with E-state index in [4.69, 9.17) is 10.2 Å². The molecule has 9 heteroatoms. The van der Waals surface area contributed by atoms with Gasteiger partial charge in [-0.15, -0.1) is 0 Å². The number of hydrogen-bond acceptors (Lipinski definition) is 8. The maximum atomic E-state index is 12.2. The molecule has 2 amide bonds. The van der Waals surface area contributed by atoms with Crippen LogP contribution in [-0.2, 0) is 9.59 Å². The lowest BCUT2D eigenvalue weighted by atomic mass is 9.71. The lowest BCUT2D eigenvalue weighted by Crippen LogP contribution is -2.60. The largest absolute Gasteiger partial charge is 0.440 e. The van der Waals surface area contributed by atoms with Gasteiger partial charge in [0.15, 0.2) is 5.58 Å². The minimum atomic E-state index is -0.507. The van der Waals surface area contributed by atoms with Gasteiger partial charge in [-0.3, -0.25) is 14.9 Å². The van der Waals surface area contributed by atoms with Crippen molar-refractivity contribution in [2.75, 3.05) is 41.7 Å². The molecule has 3 aromatic rings. The number of oxazole rings is 1. The molecule has 3 aliphatic rings. The van der Waals surface area contributed by atoms with Crippen LogP contribution in [0.4, 0.5) is 17.2 Å². The van der Waals surface area contributed by atoms with E-state index in [9.17, 15) is 9.59 Å². The molecule has 3 aliphatic heterocycles. The molecule has 3 saturated heterocycles. The zero-order valence-electron chi connectivity index (χ0n) is 18.3. The number of nitrogens with zero attached hydrogens (tertiary/aromatic N) is 4. The maximum absolute atomic E-state index is 12.2. The first-order valence-corrected chi connectivity index (χ1v) is 11.4. The second-order valence-electron chi connectivity index (χ2n) is 9.49. The molecule has 1 aromatic carbocycles. The quantitative estimate of drug-likeness (QED) is 0.589. The van der Waals surface area contributed by atoms with Crippen LogP contribution in [0.15, 0.2) is 40.9 Å². The summed E-state index contributed by atoms with van der Waals surface area (Å²) >= 11 is 0. The van der Waals surface area contributed by atoms with Crippen molar-refractivity contribution < 1.29 is 14.0 Å². The minimum Gasteiger partial charge on any atom is -0.440 e. The molecule has 2 aromatic heterocycles. The van der Waals surface area contributed by atoms with Crippen LogP contribution < -0.4 is 20.9 Å². The van der Waals surface area contributed by atoms with Crippen molar-refractivity contribution in [3.8, 4) is 0 Å². The molecule has 5 heterocycles. The number of nitrogens with two attached hydrogens (primary N) is 1. The van der Waals surface area contributed by atoms with Gasteiger partial charge < -0.3 is 20.0 Å². The molecule has 0 aliphatic carbocycles. The molecule has 0 radical (unpaired) electrons. The van der Waals surface area contributed by atoms with E-state index in [2.05, 4.69) is 31.2 Å². The normalized spacial score (nSPS) is 22.5. The monoisotopic (exact) mass is 446 g/mol. The lowest BCUT2D eigenvalue weighted by Gasteiger charge is -2.55. The van der Waals surface area contributed by atoms with Crippen molar-refractivity contribution in [2.24, 2.45) is 5.41 Å². The second-order valence-corrected chi connectivity index (χ2v) is 9.49. The Kier molecular flexibility index (Phi) is 4.53. The predicted octanol–water partition coefficient (Wildman–Crippen LogP) is 2.43. The fourth-order valence-corrected chi connectivity index (χ4v) is 5.29. The molecule has 1 unspecified atom stereocenters. The molecule has 33 heavy (non-hydrogen) atoms. The molecule has 1 spiro atoms. The van der Waals surface area contributed by atoms with E-state index in [0.29, 0.717) is 35.5 Å². The SMILES string of the molecule is Nc1ccc(N2CCC3(CC2)CN(c2ccc4nc(C5CCC(=O)NC5=O)oc4c2)C3)cn1. The van der Waals surface area contributed by atoms with Crippen LogP contribution in [0, 0.1) is 5.41 Å². The van der Waals surface area contributed by atoms with Gasteiger partial charge >= 0.3 is 0 Å². The molecule has 170 valence electrons. The highest BCUT2D eigenvalue weighted by molar-refractivity contribution is 6.00. The Labute approximate surface area is 190 Å². The van der Waals surface area contributed by atoms with Gasteiger partial charge in [0, 0.05) is 49.8 Å². The molecule has 0 bridgehead atoms. The lowest BCUT2D eigenvalue weighted by molar-refractivity contribution is -0.134. The van der Waals surface area contributed by atoms with Crippen LogP contribution in [0.2, 0.25) is 0 Å². The number of hydrogen-bond donors (Lipinski definition) is 2. The van der Waals surface area contributed by atoms with E-state index in [1.54, 1.807) is 0 Å². The Bertz CT molecular complexity index is 1220. The molecule has 3 N–H and O–H groups in total. The fraction of sp³-hybridized carbons (Fsp3) is 0.417. The summed E-state index contributed by atoms with van der Waals surface area (Å²) in [5.74, 6) is -0.139. The third-order valence-corrected chi connectivity index (χ3v) is 7.30. The average molecular weight is 447 g/mol. The summed E-state index contributed by atoms with van der Waals surface area (Å²) in [7, 11) is 0. The number of piperidine rings is 2. The van der Waals surface area contributed by atoms with Gasteiger partial charge in [0.1, 0.15) is 17.3 Å². The number of aromatic nitrogens is 2. The first-order valence-electron chi connectivity index (χ1n) is 11.4. The van der Waals surface area contributed by atoms with Crippen LogP contribution >= 0.6 is 0 Å². The number of carbonyl (C=O) groups is 2. The summed E-state index contributed by atoms with van der Waals surface area (Å²) in [6.07, 6.45) is 4.90. The molecule has 1 atom stereocenters. The van der Waals surface area contributed by atoms with Crippen molar-refractivity contribution >= 4 is 40.1 Å². The second kappa shape index (κ2) is 7.47. The van der Waals surface area contributed by atoms with Gasteiger partial charge in [0.25, 0.3) is 0 Å². The molecule has 9 nitrogen and oxygen atoms in total. The van der Waals surface area contributed by atoms with Crippen LogP contribution in [0.3, 0.4) is 0 Å². The summed E-state index contributed by atoms with van der Waals surface area (Å²) in [4.78, 5) is 37.1. The number of amides is 2. The Balaban J connectivity index is 1.11. The van der Waals surface area contributed by atoms with Crippen molar-refractivity contribution in [1.29, 1.82) is 0 Å². The number of rotatable bonds is 3. The third-order valence-electron chi connectivity index (χ3n) is 7.30. The van der Waals surface area contributed by atoms with E-state index < -0.39 is 5.92 Å². The maximum Gasteiger partial charge on any atom is 0.239 e. The van der Waals surface area contributed by atoms with E-state index in [0.717, 1.165) is 55.9 Å². The first-order chi connectivity index (χ1) is 16.0. The number of fused-ring (bicyclic) bond motifs is 1. The van der Waals surface area contributed by atoms with E-state index >= 15 is 0 Å². The third kappa shape index (κ3) is 3.57. The number of nitrogen functional groups attached to an aromatic ring is 1. The van der Waals surface area contributed by atoms with Crippen molar-refractivity contribution in [2.45, 2.75) is 31.6 Å². The standard InChI is InChI=1S/C24H26N6O3/c25-20-5-2-16(12-26-20)29-9-7-24(8-10-29)13-30(14-24)15-1-4-18-19(11-15)33-23(27-18)17-3-6-21(31)28-22(17)32/h1-2,4-5,11-12,17H,3,6-10,13-14H2,(H2,25,26)(H,28,31,32). The van der Waals surface area contributed by atoms with Crippen LogP contribution in [0.1, 0.15) is 37.5 Å². The summed E-state index contributed by atoms with van der Waals surface area (Å²) in [6.45, 7) is 4.10. The Morgan fingerprint density at radius 2 is 1.85 bits per heavy atom. The van der Waals surface area contributed by atoms with Gasteiger partial charge in [-0.25, -0.2) is 9.97 Å². The fourth-order valence-electron chi connectivity index (χ4n) is 5.29. The van der Waals surface area contributed by atoms with Gasteiger partial charge in [-0.1, -0.05) is 0 Å². The summed E-state index contributed by atoms with van der Waals surface area (Å²) in [6, 6.07) is 9.94. The van der Waals surface area contributed by atoms with Crippen LogP contribution in [0.25, 0.3) is 11.1 Å². The molecule has 0 saturated carbocycles. The predicted molar refractivity (Wildman–Crippen MR) is 124 cm³/mol. The van der Waals surface area contributed by atoms with Gasteiger partial charge in [-0.2, -0.15) is 0 Å². The van der Waals surface area contributed by atoms with E-state index in [1.165, 1.54) is 0 Å². The number of benzene rings is 1. The van der Waals surface area contributed by atoms with E-state index in [-0.39, 0.29) is 11.8 Å². The smallest absolute Gasteiger partial charge is 0.239 e. The zero-order valence-corrected chi connectivity index (χ0v) is 18.3. The summed E-state index contributed by atoms with van der Waals surface area (Å²) < 4.78 is 5.95. The van der Waals surface area contributed by atoms with Gasteiger partial charge in [0.2, 0.25) is 17.7 Å². The van der Waals surface area contributed by atoms with Crippen LogP contribution in [0.5, 0.6) is 0 Å². The highest BCUT2D eigenvalue weighted by Gasteiger charge is 2.45. The average Bonchev–Trinajstić information content (AvgIpc) is 3.21. The first kappa shape index (κ1) is 20.0. The Morgan fingerprint density at radius 1 is 1.06 bits per heavy atom. The summed E-state index contributed by atoms with van der Waals surface area (Å²) in [5, 5.41) is 2.37. The van der Waals surface area contributed by atoms with Gasteiger partial charge in [0.05, 0.1) is 11.9 Å². The van der Waals surface area contributed by atoms with Crippen LogP contribution in [-0.4, -0.2) is 48.0 Å². The highest BCUT2D eigenvalue weighted by atomic mass is 16.3. The molecular formula is C24H26N6O3. The molecule has 6 rings (SSSR count).